The lowest BCUT2D eigenvalue weighted by Gasteiger charge is -2.20. The van der Waals surface area contributed by atoms with Gasteiger partial charge < -0.3 is 10.0 Å². The molecule has 0 fully saturated rings. The largest absolute Gasteiger partial charge is 0.494 e. The Morgan fingerprint density at radius 1 is 1.23 bits per heavy atom. The van der Waals surface area contributed by atoms with Crippen LogP contribution in [0.25, 0.3) is 11.9 Å². The smallest absolute Gasteiger partial charge is 0.339 e. The van der Waals surface area contributed by atoms with Crippen LogP contribution >= 0.6 is 0 Å². The maximum Gasteiger partial charge on any atom is 0.339 e. The normalized spacial score (nSPS) is 15.2. The second kappa shape index (κ2) is 6.20. The van der Waals surface area contributed by atoms with Crippen LogP contribution in [0.4, 0.5) is 0 Å². The van der Waals surface area contributed by atoms with Gasteiger partial charge in [-0.2, -0.15) is 0 Å². The molecule has 0 amide bonds. The van der Waals surface area contributed by atoms with Crippen molar-refractivity contribution < 1.29 is 5.11 Å². The van der Waals surface area contributed by atoms with E-state index in [1.807, 2.05) is 38.1 Å². The monoisotopic (exact) mass is 352 g/mol. The molecule has 0 spiro atoms. The third-order valence-corrected chi connectivity index (χ3v) is 4.38. The van der Waals surface area contributed by atoms with E-state index in [1.54, 1.807) is 18.2 Å². The molecule has 2 aromatic heterocycles. The zero-order chi connectivity index (χ0) is 19.1. The molecule has 0 saturated heterocycles. The average molecular weight is 352 g/mol. The first kappa shape index (κ1) is 17.5. The molecule has 3 rings (SSSR count). The van der Waals surface area contributed by atoms with E-state index in [1.165, 1.54) is 19.3 Å². The molecule has 0 atom stereocenters. The fourth-order valence-corrected chi connectivity index (χ4v) is 2.87. The first-order valence-electron chi connectivity index (χ1n) is 8.10. The third-order valence-electron chi connectivity index (χ3n) is 4.38. The second-order valence-corrected chi connectivity index (χ2v) is 6.69. The van der Waals surface area contributed by atoms with Crippen LogP contribution in [0, 0.1) is 5.41 Å². The summed E-state index contributed by atoms with van der Waals surface area (Å²) in [4.78, 5) is 31.3. The van der Waals surface area contributed by atoms with Gasteiger partial charge in [-0.25, -0.2) is 14.3 Å². The highest BCUT2D eigenvalue weighted by Gasteiger charge is 2.27. The minimum atomic E-state index is -0.670. The molecule has 1 N–H and O–H groups in total. The molecule has 0 aromatic carbocycles. The molecule has 134 valence electrons. The first-order valence-corrected chi connectivity index (χ1v) is 8.10. The summed E-state index contributed by atoms with van der Waals surface area (Å²) < 4.78 is 1.94. The Hall–Kier alpha value is -3.31. The van der Waals surface area contributed by atoms with Gasteiger partial charge in [0.05, 0.1) is 5.70 Å². The van der Waals surface area contributed by atoms with Crippen molar-refractivity contribution >= 4 is 6.08 Å². The van der Waals surface area contributed by atoms with Crippen molar-refractivity contribution in [3.05, 3.63) is 74.5 Å². The number of aromatic nitrogens is 3. The van der Waals surface area contributed by atoms with Crippen LogP contribution in [0.5, 0.6) is 5.88 Å². The summed E-state index contributed by atoms with van der Waals surface area (Å²) >= 11 is 0. The highest BCUT2D eigenvalue weighted by molar-refractivity contribution is 5.54. The second-order valence-electron chi connectivity index (χ2n) is 6.69. The van der Waals surface area contributed by atoms with Crippen molar-refractivity contribution in [2.75, 3.05) is 7.05 Å². The van der Waals surface area contributed by atoms with Gasteiger partial charge in [-0.3, -0.25) is 9.36 Å². The Bertz CT molecular complexity index is 1070. The first-order chi connectivity index (χ1) is 12.2. The Balaban J connectivity index is 2.28. The Kier molecular flexibility index (Phi) is 4.18. The summed E-state index contributed by atoms with van der Waals surface area (Å²) in [6.07, 6.45) is 6.85. The predicted molar refractivity (Wildman–Crippen MR) is 98.9 cm³/mol. The SMILES string of the molecule is CN1C=CC(C)(C)C1=C=Cc1c(O)n(C)c(=O)n(-c2ccccn2)c1=O. The summed E-state index contributed by atoms with van der Waals surface area (Å²) in [5, 5.41) is 10.3. The van der Waals surface area contributed by atoms with E-state index in [0.717, 1.165) is 14.8 Å². The van der Waals surface area contributed by atoms with Gasteiger partial charge >= 0.3 is 5.69 Å². The minimum Gasteiger partial charge on any atom is -0.494 e. The molecule has 3 heterocycles. The maximum atomic E-state index is 12.9. The Labute approximate surface area is 150 Å². The van der Waals surface area contributed by atoms with E-state index in [4.69, 9.17) is 0 Å². The third kappa shape index (κ3) is 2.78. The summed E-state index contributed by atoms with van der Waals surface area (Å²) in [7, 11) is 3.28. The van der Waals surface area contributed by atoms with Crippen molar-refractivity contribution in [1.82, 2.24) is 19.0 Å². The van der Waals surface area contributed by atoms with Crippen LogP contribution in [0.15, 0.2) is 57.7 Å². The van der Waals surface area contributed by atoms with E-state index in [9.17, 15) is 14.7 Å². The van der Waals surface area contributed by atoms with Gasteiger partial charge in [-0.05, 0) is 12.1 Å². The van der Waals surface area contributed by atoms with Crippen LogP contribution in [0.3, 0.4) is 0 Å². The van der Waals surface area contributed by atoms with Gasteiger partial charge in [-0.15, -0.1) is 0 Å². The van der Waals surface area contributed by atoms with E-state index in [0.29, 0.717) is 0 Å². The molecule has 7 nitrogen and oxygen atoms in total. The van der Waals surface area contributed by atoms with Gasteiger partial charge in [0.1, 0.15) is 11.4 Å². The molecular weight excluding hydrogens is 332 g/mol. The van der Waals surface area contributed by atoms with Crippen molar-refractivity contribution in [3.63, 3.8) is 0 Å². The molecule has 0 bridgehead atoms. The van der Waals surface area contributed by atoms with E-state index < -0.39 is 17.1 Å². The number of hydrogen-bond acceptors (Lipinski definition) is 5. The molecule has 2 aromatic rings. The maximum absolute atomic E-state index is 12.9. The topological polar surface area (TPSA) is 80.4 Å². The summed E-state index contributed by atoms with van der Waals surface area (Å²) in [6, 6.07) is 4.93. The standard InChI is InChI=1S/C19H20N4O3/c1-19(2)10-12-21(3)14(19)9-8-13-16(24)22(4)18(26)23(17(13)25)15-7-5-6-11-20-15/h5-8,10-12,24H,1-4H3. The van der Waals surface area contributed by atoms with E-state index in [2.05, 4.69) is 10.7 Å². The van der Waals surface area contributed by atoms with Gasteiger partial charge in [-0.1, -0.05) is 31.7 Å². The highest BCUT2D eigenvalue weighted by atomic mass is 16.3. The summed E-state index contributed by atoms with van der Waals surface area (Å²) in [6.45, 7) is 4.05. The molecule has 0 aliphatic carbocycles. The molecule has 0 unspecified atom stereocenters. The lowest BCUT2D eigenvalue weighted by Crippen LogP contribution is -2.39. The lowest BCUT2D eigenvalue weighted by atomic mass is 9.91. The molecule has 1 aliphatic heterocycles. The minimum absolute atomic E-state index is 0.0265. The van der Waals surface area contributed by atoms with Gasteiger partial charge in [0.25, 0.3) is 5.56 Å². The van der Waals surface area contributed by atoms with Crippen molar-refractivity contribution in [1.29, 1.82) is 0 Å². The molecule has 26 heavy (non-hydrogen) atoms. The zero-order valence-electron chi connectivity index (χ0n) is 15.1. The molecular formula is C19H20N4O3. The number of hydrogen-bond donors (Lipinski definition) is 1. The number of allylic oxidation sites excluding steroid dienone is 1. The van der Waals surface area contributed by atoms with Gasteiger partial charge in [0.15, 0.2) is 0 Å². The number of nitrogens with zero attached hydrogens (tertiary/aromatic N) is 4. The van der Waals surface area contributed by atoms with Crippen LogP contribution in [-0.4, -0.2) is 31.2 Å². The average Bonchev–Trinajstić information content (AvgIpc) is 2.87. The Morgan fingerprint density at radius 3 is 2.54 bits per heavy atom. The quantitative estimate of drug-likeness (QED) is 0.831. The van der Waals surface area contributed by atoms with Gasteiger partial charge in [0, 0.05) is 38.0 Å². The van der Waals surface area contributed by atoms with Crippen molar-refractivity contribution in [2.45, 2.75) is 13.8 Å². The van der Waals surface area contributed by atoms with E-state index >= 15 is 0 Å². The summed E-state index contributed by atoms with van der Waals surface area (Å²) in [5.41, 5.74) is 2.34. The van der Waals surface area contributed by atoms with Crippen molar-refractivity contribution in [2.24, 2.45) is 12.5 Å². The van der Waals surface area contributed by atoms with E-state index in [-0.39, 0.29) is 16.8 Å². The number of aromatic hydroxyl groups is 1. The number of pyridine rings is 1. The van der Waals surface area contributed by atoms with Gasteiger partial charge in [0.2, 0.25) is 5.88 Å². The van der Waals surface area contributed by atoms with Crippen LogP contribution in [-0.2, 0) is 7.05 Å². The number of rotatable bonds is 2. The van der Waals surface area contributed by atoms with Crippen LogP contribution < -0.4 is 11.2 Å². The lowest BCUT2D eigenvalue weighted by molar-refractivity contribution is 0.412. The molecule has 0 saturated carbocycles. The van der Waals surface area contributed by atoms with Crippen molar-refractivity contribution in [3.8, 4) is 11.7 Å². The van der Waals surface area contributed by atoms with Crippen LogP contribution in [0.1, 0.15) is 19.4 Å². The molecule has 1 aliphatic rings. The fourth-order valence-electron chi connectivity index (χ4n) is 2.87. The molecule has 0 radical (unpaired) electrons. The predicted octanol–water partition coefficient (Wildman–Crippen LogP) is 1.62. The highest BCUT2D eigenvalue weighted by Crippen LogP contribution is 2.34. The zero-order valence-corrected chi connectivity index (χ0v) is 15.1. The molecule has 7 heteroatoms. The van der Waals surface area contributed by atoms with Crippen LogP contribution in [0.2, 0.25) is 0 Å². The Morgan fingerprint density at radius 2 is 1.96 bits per heavy atom. The summed E-state index contributed by atoms with van der Waals surface area (Å²) in [5.74, 6) is -0.216. The fraction of sp³-hybridized carbons (Fsp3) is 0.263.